The van der Waals surface area contributed by atoms with Gasteiger partial charge in [0.05, 0.1) is 18.0 Å². The van der Waals surface area contributed by atoms with E-state index in [0.29, 0.717) is 12.1 Å². The second-order valence-corrected chi connectivity index (χ2v) is 4.55. The maximum Gasteiger partial charge on any atom is 0.137 e. The van der Waals surface area contributed by atoms with E-state index in [0.717, 1.165) is 24.3 Å². The number of pyridine rings is 1. The monoisotopic (exact) mass is 244 g/mol. The number of ether oxygens (including phenoxy) is 1. The molecule has 0 radical (unpaired) electrons. The Balaban J connectivity index is 1.62. The molecule has 1 aliphatic carbocycles. The second-order valence-electron chi connectivity index (χ2n) is 4.55. The predicted octanol–water partition coefficient (Wildman–Crippen LogP) is 1.86. The fraction of sp³-hybridized carbons (Fsp3) is 0.385. The molecule has 3 rings (SSSR count). The summed E-state index contributed by atoms with van der Waals surface area (Å²) in [7, 11) is 1.77. The Hall–Kier alpha value is -1.88. The number of nitrogens with one attached hydrogen (secondary N) is 1. The van der Waals surface area contributed by atoms with Crippen LogP contribution in [0.1, 0.15) is 12.8 Å². The molecule has 1 N–H and O–H groups in total. The Bertz CT molecular complexity index is 488. The van der Waals surface area contributed by atoms with E-state index in [1.165, 1.54) is 0 Å². The third-order valence-electron chi connectivity index (χ3n) is 3.32. The summed E-state index contributed by atoms with van der Waals surface area (Å²) in [5.74, 6) is 0.876. The predicted molar refractivity (Wildman–Crippen MR) is 68.8 cm³/mol. The Morgan fingerprint density at radius 1 is 1.39 bits per heavy atom. The molecule has 0 atom stereocenters. The number of imidazole rings is 1. The lowest BCUT2D eigenvalue weighted by atomic mass is 9.89. The number of hydrogen-bond acceptors (Lipinski definition) is 4. The molecule has 2 aromatic heterocycles. The van der Waals surface area contributed by atoms with Gasteiger partial charge in [-0.1, -0.05) is 0 Å². The maximum absolute atomic E-state index is 5.26. The molecule has 0 spiro atoms. The quantitative estimate of drug-likeness (QED) is 0.892. The summed E-state index contributed by atoms with van der Waals surface area (Å²) in [5.41, 5.74) is 1.05. The highest BCUT2D eigenvalue weighted by Gasteiger charge is 2.28. The van der Waals surface area contributed by atoms with Crippen molar-refractivity contribution >= 4 is 5.69 Å². The minimum Gasteiger partial charge on any atom is -0.381 e. The van der Waals surface area contributed by atoms with E-state index in [1.807, 2.05) is 29.1 Å². The van der Waals surface area contributed by atoms with Crippen LogP contribution < -0.4 is 5.32 Å². The minimum atomic E-state index is 0.417. The molecule has 0 aromatic carbocycles. The van der Waals surface area contributed by atoms with Gasteiger partial charge in [-0.25, -0.2) is 9.97 Å². The van der Waals surface area contributed by atoms with Crippen LogP contribution in [0.15, 0.2) is 37.1 Å². The highest BCUT2D eigenvalue weighted by Crippen LogP contribution is 2.26. The number of hydrogen-bond donors (Lipinski definition) is 1. The highest BCUT2D eigenvalue weighted by atomic mass is 16.5. The normalized spacial score (nSPS) is 22.5. The molecule has 1 saturated carbocycles. The summed E-state index contributed by atoms with van der Waals surface area (Å²) < 4.78 is 7.14. The van der Waals surface area contributed by atoms with Crippen molar-refractivity contribution in [2.45, 2.75) is 25.0 Å². The fourth-order valence-electron chi connectivity index (χ4n) is 2.13. The van der Waals surface area contributed by atoms with Crippen LogP contribution in [0.2, 0.25) is 0 Å². The first-order chi connectivity index (χ1) is 8.85. The van der Waals surface area contributed by atoms with E-state index in [2.05, 4.69) is 15.3 Å². The number of rotatable bonds is 4. The van der Waals surface area contributed by atoms with E-state index >= 15 is 0 Å². The molecule has 94 valence electrons. The van der Waals surface area contributed by atoms with Crippen molar-refractivity contribution in [3.63, 3.8) is 0 Å². The molecule has 2 aromatic rings. The lowest BCUT2D eigenvalue weighted by Gasteiger charge is -2.35. The van der Waals surface area contributed by atoms with Crippen molar-refractivity contribution in [1.29, 1.82) is 0 Å². The molecule has 0 saturated heterocycles. The summed E-state index contributed by atoms with van der Waals surface area (Å²) >= 11 is 0. The molecular weight excluding hydrogens is 228 g/mol. The molecule has 5 heteroatoms. The fourth-order valence-corrected chi connectivity index (χ4v) is 2.13. The molecular formula is C13H16N4O. The Labute approximate surface area is 106 Å². The smallest absolute Gasteiger partial charge is 0.137 e. The van der Waals surface area contributed by atoms with Crippen LogP contribution in [0.4, 0.5) is 5.69 Å². The lowest BCUT2D eigenvalue weighted by Crippen LogP contribution is -2.40. The number of anilines is 1. The van der Waals surface area contributed by atoms with E-state index in [1.54, 1.807) is 19.6 Å². The van der Waals surface area contributed by atoms with E-state index in [9.17, 15) is 0 Å². The Morgan fingerprint density at radius 2 is 2.28 bits per heavy atom. The summed E-state index contributed by atoms with van der Waals surface area (Å²) in [4.78, 5) is 8.40. The van der Waals surface area contributed by atoms with Crippen molar-refractivity contribution in [2.24, 2.45) is 0 Å². The third-order valence-corrected chi connectivity index (χ3v) is 3.32. The van der Waals surface area contributed by atoms with Crippen molar-refractivity contribution in [3.8, 4) is 5.82 Å². The molecule has 2 heterocycles. The topological polar surface area (TPSA) is 52.0 Å². The van der Waals surface area contributed by atoms with Gasteiger partial charge in [0.25, 0.3) is 0 Å². The van der Waals surface area contributed by atoms with Crippen LogP contribution in [-0.4, -0.2) is 33.8 Å². The molecule has 18 heavy (non-hydrogen) atoms. The molecule has 0 unspecified atom stereocenters. The van der Waals surface area contributed by atoms with E-state index in [4.69, 9.17) is 4.74 Å². The van der Waals surface area contributed by atoms with Gasteiger partial charge in [-0.15, -0.1) is 0 Å². The minimum absolute atomic E-state index is 0.417. The zero-order chi connectivity index (χ0) is 12.4. The van der Waals surface area contributed by atoms with E-state index < -0.39 is 0 Å². The van der Waals surface area contributed by atoms with Crippen molar-refractivity contribution in [3.05, 3.63) is 37.1 Å². The Kier molecular flexibility index (Phi) is 2.98. The van der Waals surface area contributed by atoms with Crippen LogP contribution >= 0.6 is 0 Å². The first-order valence-electron chi connectivity index (χ1n) is 6.09. The van der Waals surface area contributed by atoms with Gasteiger partial charge in [0.15, 0.2) is 0 Å². The first kappa shape index (κ1) is 11.2. The average Bonchev–Trinajstić information content (AvgIpc) is 2.88. The van der Waals surface area contributed by atoms with Gasteiger partial charge < -0.3 is 10.1 Å². The maximum atomic E-state index is 5.26. The van der Waals surface area contributed by atoms with Gasteiger partial charge in [0.2, 0.25) is 0 Å². The van der Waals surface area contributed by atoms with Crippen LogP contribution in [0, 0.1) is 0 Å². The number of methoxy groups -OCH3 is 1. The second kappa shape index (κ2) is 4.78. The third kappa shape index (κ3) is 2.22. The van der Waals surface area contributed by atoms with Crippen molar-refractivity contribution < 1.29 is 4.74 Å². The van der Waals surface area contributed by atoms with Crippen LogP contribution in [0.25, 0.3) is 5.82 Å². The molecule has 1 fully saturated rings. The zero-order valence-corrected chi connectivity index (χ0v) is 10.3. The van der Waals surface area contributed by atoms with Gasteiger partial charge in [-0.2, -0.15) is 0 Å². The van der Waals surface area contributed by atoms with Crippen LogP contribution in [0.5, 0.6) is 0 Å². The summed E-state index contributed by atoms with van der Waals surface area (Å²) in [6.07, 6.45) is 9.78. The van der Waals surface area contributed by atoms with Gasteiger partial charge in [0, 0.05) is 25.5 Å². The van der Waals surface area contributed by atoms with Crippen molar-refractivity contribution in [1.82, 2.24) is 14.5 Å². The summed E-state index contributed by atoms with van der Waals surface area (Å²) in [5, 5.41) is 3.45. The van der Waals surface area contributed by atoms with Gasteiger partial charge in [-0.05, 0) is 25.0 Å². The lowest BCUT2D eigenvalue weighted by molar-refractivity contribution is 0.0328. The average molecular weight is 244 g/mol. The number of aromatic nitrogens is 3. The zero-order valence-electron chi connectivity index (χ0n) is 10.3. The van der Waals surface area contributed by atoms with E-state index in [-0.39, 0.29) is 0 Å². The standard InChI is InChI=1S/C13H16N4O/c1-18-12-6-11(7-12)16-10-2-3-13(15-8-10)17-5-4-14-9-17/h2-5,8-9,11-12,16H,6-7H2,1H3. The summed E-state index contributed by atoms with van der Waals surface area (Å²) in [6.45, 7) is 0. The SMILES string of the molecule is COC1CC(Nc2ccc(-n3ccnc3)nc2)C1. The number of nitrogens with zero attached hydrogens (tertiary/aromatic N) is 3. The van der Waals surface area contributed by atoms with Crippen LogP contribution in [-0.2, 0) is 4.74 Å². The summed E-state index contributed by atoms with van der Waals surface area (Å²) in [6, 6.07) is 4.54. The Morgan fingerprint density at radius 3 is 2.89 bits per heavy atom. The highest BCUT2D eigenvalue weighted by molar-refractivity contribution is 5.45. The molecule has 0 bridgehead atoms. The van der Waals surface area contributed by atoms with Crippen molar-refractivity contribution in [2.75, 3.05) is 12.4 Å². The van der Waals surface area contributed by atoms with Gasteiger partial charge >= 0.3 is 0 Å². The molecule has 5 nitrogen and oxygen atoms in total. The van der Waals surface area contributed by atoms with Gasteiger partial charge in [0.1, 0.15) is 12.1 Å². The molecule has 0 aliphatic heterocycles. The largest absolute Gasteiger partial charge is 0.381 e. The van der Waals surface area contributed by atoms with Crippen LogP contribution in [0.3, 0.4) is 0 Å². The molecule has 0 amide bonds. The molecule has 1 aliphatic rings. The van der Waals surface area contributed by atoms with Gasteiger partial charge in [-0.3, -0.25) is 4.57 Å². The first-order valence-corrected chi connectivity index (χ1v) is 6.09.